The summed E-state index contributed by atoms with van der Waals surface area (Å²) in [5.41, 5.74) is 1.37. The van der Waals surface area contributed by atoms with Crippen molar-refractivity contribution in [1.82, 2.24) is 4.72 Å². The van der Waals surface area contributed by atoms with Crippen LogP contribution in [-0.4, -0.2) is 42.8 Å². The highest BCUT2D eigenvalue weighted by Gasteiger charge is 2.50. The molecule has 0 aromatic heterocycles. The molecule has 8 heteroatoms. The van der Waals surface area contributed by atoms with E-state index in [0.717, 1.165) is 11.6 Å². The Morgan fingerprint density at radius 3 is 2.61 bits per heavy atom. The van der Waals surface area contributed by atoms with Crippen LogP contribution in [0, 0.1) is 0 Å². The van der Waals surface area contributed by atoms with Crippen molar-refractivity contribution in [3.8, 4) is 5.75 Å². The zero-order chi connectivity index (χ0) is 19.9. The fourth-order valence-electron chi connectivity index (χ4n) is 3.91. The second kappa shape index (κ2) is 7.05. The summed E-state index contributed by atoms with van der Waals surface area (Å²) in [5, 5.41) is 19.6. The molecule has 4 atom stereocenters. The zero-order valence-corrected chi connectivity index (χ0v) is 15.5. The van der Waals surface area contributed by atoms with Crippen LogP contribution in [0.2, 0.25) is 0 Å². The monoisotopic (exact) mass is 401 g/mol. The number of aliphatic hydroxyl groups is 1. The van der Waals surface area contributed by atoms with Gasteiger partial charge in [0, 0.05) is 23.6 Å². The van der Waals surface area contributed by atoms with Crippen LogP contribution < -0.4 is 9.46 Å². The first-order chi connectivity index (χ1) is 13.4. The summed E-state index contributed by atoms with van der Waals surface area (Å²) in [4.78, 5) is 10.9. The number of aliphatic carboxylic acids is 1. The first-order valence-electron chi connectivity index (χ1n) is 8.83. The molecule has 0 radical (unpaired) electrons. The van der Waals surface area contributed by atoms with E-state index in [1.165, 1.54) is 18.2 Å². The first-order valence-corrected chi connectivity index (χ1v) is 10.3. The Balaban J connectivity index is 1.58. The molecule has 0 bridgehead atoms. The Kier molecular flexibility index (Phi) is 4.70. The van der Waals surface area contributed by atoms with Crippen LogP contribution in [0.25, 0.3) is 6.08 Å². The summed E-state index contributed by atoms with van der Waals surface area (Å²) < 4.78 is 33.7. The molecule has 1 saturated carbocycles. The van der Waals surface area contributed by atoms with Gasteiger partial charge in [-0.1, -0.05) is 36.4 Å². The van der Waals surface area contributed by atoms with Crippen molar-refractivity contribution >= 4 is 22.1 Å². The minimum Gasteiger partial charge on any atom is -0.489 e. The molecule has 2 aromatic carbocycles. The second-order valence-corrected chi connectivity index (χ2v) is 8.60. The minimum atomic E-state index is -3.75. The smallest absolute Gasteiger partial charge is 0.328 e. The number of hydrogen-bond donors (Lipinski definition) is 3. The Labute approximate surface area is 162 Å². The van der Waals surface area contributed by atoms with Crippen LogP contribution >= 0.6 is 0 Å². The Hall–Kier alpha value is -2.68. The number of para-hydroxylation sites is 1. The predicted octanol–water partition coefficient (Wildman–Crippen LogP) is 1.74. The van der Waals surface area contributed by atoms with Gasteiger partial charge in [0.2, 0.25) is 10.0 Å². The summed E-state index contributed by atoms with van der Waals surface area (Å²) >= 11 is 0. The highest BCUT2D eigenvalue weighted by atomic mass is 32.2. The maximum absolute atomic E-state index is 12.6. The lowest BCUT2D eigenvalue weighted by Gasteiger charge is -2.20. The van der Waals surface area contributed by atoms with Gasteiger partial charge in [0.05, 0.1) is 23.0 Å². The van der Waals surface area contributed by atoms with Crippen molar-refractivity contribution in [2.45, 2.75) is 35.5 Å². The van der Waals surface area contributed by atoms with Gasteiger partial charge in [-0.25, -0.2) is 17.9 Å². The van der Waals surface area contributed by atoms with E-state index in [1.807, 2.05) is 6.07 Å². The molecule has 2 aromatic rings. The number of fused-ring (bicyclic) bond motifs is 3. The van der Waals surface area contributed by atoms with Crippen molar-refractivity contribution in [2.75, 3.05) is 0 Å². The lowest BCUT2D eigenvalue weighted by atomic mass is 9.94. The van der Waals surface area contributed by atoms with E-state index in [9.17, 15) is 18.3 Å². The van der Waals surface area contributed by atoms with Gasteiger partial charge in [-0.3, -0.25) is 0 Å². The number of rotatable bonds is 5. The van der Waals surface area contributed by atoms with Gasteiger partial charge < -0.3 is 14.9 Å². The molecule has 3 N–H and O–H groups in total. The van der Waals surface area contributed by atoms with Crippen LogP contribution in [0.15, 0.2) is 59.5 Å². The number of carboxylic acid groups (broad SMARTS) is 1. The molecular formula is C20H19NO6S. The van der Waals surface area contributed by atoms with Crippen molar-refractivity contribution < 1.29 is 28.2 Å². The molecule has 4 unspecified atom stereocenters. The molecular weight excluding hydrogens is 382 g/mol. The van der Waals surface area contributed by atoms with E-state index < -0.39 is 28.1 Å². The highest BCUT2D eigenvalue weighted by molar-refractivity contribution is 7.89. The summed E-state index contributed by atoms with van der Waals surface area (Å²) in [6.07, 6.45) is 1.45. The van der Waals surface area contributed by atoms with Gasteiger partial charge in [-0.2, -0.15) is 0 Å². The standard InChI is InChI=1S/C20H19NO6S/c22-17(23)10-9-12-5-4-8-14-18-16(27-20(12)14)11-15(19(18)24)21-28(25,26)13-6-2-1-3-7-13/h1-10,15-16,18-19,21,24H,11H2,(H,22,23). The van der Waals surface area contributed by atoms with Crippen molar-refractivity contribution in [3.05, 3.63) is 65.7 Å². The molecule has 0 spiro atoms. The quantitative estimate of drug-likeness (QED) is 0.658. The number of ether oxygens (including phenoxy) is 1. The number of sulfonamides is 1. The summed E-state index contributed by atoms with van der Waals surface area (Å²) in [6.45, 7) is 0. The van der Waals surface area contributed by atoms with E-state index >= 15 is 0 Å². The Morgan fingerprint density at radius 2 is 1.89 bits per heavy atom. The van der Waals surface area contributed by atoms with E-state index in [4.69, 9.17) is 9.84 Å². The van der Waals surface area contributed by atoms with Gasteiger partial charge >= 0.3 is 5.97 Å². The van der Waals surface area contributed by atoms with Gasteiger partial charge in [0.15, 0.2) is 0 Å². The maximum atomic E-state index is 12.6. The van der Waals surface area contributed by atoms with Crippen LogP contribution in [0.4, 0.5) is 0 Å². The van der Waals surface area contributed by atoms with E-state index in [2.05, 4.69) is 4.72 Å². The van der Waals surface area contributed by atoms with Crippen molar-refractivity contribution in [1.29, 1.82) is 0 Å². The van der Waals surface area contributed by atoms with Crippen LogP contribution in [0.1, 0.15) is 23.5 Å². The third-order valence-corrected chi connectivity index (χ3v) is 6.64. The molecule has 1 fully saturated rings. The van der Waals surface area contributed by atoms with Crippen LogP contribution in [0.5, 0.6) is 5.75 Å². The van der Waals surface area contributed by atoms with Crippen molar-refractivity contribution in [3.63, 3.8) is 0 Å². The third-order valence-electron chi connectivity index (χ3n) is 5.14. The first kappa shape index (κ1) is 18.7. The van der Waals surface area contributed by atoms with E-state index in [0.29, 0.717) is 17.7 Å². The van der Waals surface area contributed by atoms with E-state index in [-0.39, 0.29) is 16.9 Å². The van der Waals surface area contributed by atoms with Gasteiger partial charge in [-0.15, -0.1) is 0 Å². The molecule has 2 aliphatic rings. The third kappa shape index (κ3) is 3.30. The average molecular weight is 401 g/mol. The number of carbonyl (C=O) groups is 1. The number of aliphatic hydroxyl groups excluding tert-OH is 1. The van der Waals surface area contributed by atoms with E-state index in [1.54, 1.807) is 30.3 Å². The second-order valence-electron chi connectivity index (χ2n) is 6.89. The normalized spacial score (nSPS) is 26.0. The number of nitrogens with one attached hydrogen (secondary N) is 1. The van der Waals surface area contributed by atoms with Gasteiger partial charge in [-0.05, 0) is 18.2 Å². The zero-order valence-electron chi connectivity index (χ0n) is 14.7. The fourth-order valence-corrected chi connectivity index (χ4v) is 5.20. The molecule has 1 aliphatic heterocycles. The average Bonchev–Trinajstić information content (AvgIpc) is 3.17. The number of benzene rings is 2. The molecule has 0 saturated heterocycles. The SMILES string of the molecule is O=C(O)C=Cc1cccc2c1OC1CC(NS(=O)(=O)c3ccccc3)C(O)C21. The molecule has 146 valence electrons. The number of carboxylic acids is 1. The Bertz CT molecular complexity index is 1030. The minimum absolute atomic E-state index is 0.140. The summed E-state index contributed by atoms with van der Waals surface area (Å²) in [7, 11) is -3.75. The molecule has 4 rings (SSSR count). The topological polar surface area (TPSA) is 113 Å². The molecule has 28 heavy (non-hydrogen) atoms. The largest absolute Gasteiger partial charge is 0.489 e. The molecule has 0 amide bonds. The Morgan fingerprint density at radius 1 is 1.14 bits per heavy atom. The lowest BCUT2D eigenvalue weighted by molar-refractivity contribution is -0.131. The molecule has 1 heterocycles. The maximum Gasteiger partial charge on any atom is 0.328 e. The van der Waals surface area contributed by atoms with Gasteiger partial charge in [0.1, 0.15) is 11.9 Å². The summed E-state index contributed by atoms with van der Waals surface area (Å²) in [6, 6.07) is 12.6. The van der Waals surface area contributed by atoms with Crippen molar-refractivity contribution in [2.24, 2.45) is 0 Å². The highest BCUT2D eigenvalue weighted by Crippen LogP contribution is 2.49. The predicted molar refractivity (Wildman–Crippen MR) is 101 cm³/mol. The lowest BCUT2D eigenvalue weighted by Crippen LogP contribution is -2.41. The van der Waals surface area contributed by atoms with Crippen LogP contribution in [0.3, 0.4) is 0 Å². The summed E-state index contributed by atoms with van der Waals surface area (Å²) in [5.74, 6) is -0.902. The number of hydrogen-bond acceptors (Lipinski definition) is 5. The molecule has 7 nitrogen and oxygen atoms in total. The fraction of sp³-hybridized carbons (Fsp3) is 0.250. The molecule has 1 aliphatic carbocycles. The van der Waals surface area contributed by atoms with Crippen LogP contribution in [-0.2, 0) is 14.8 Å². The van der Waals surface area contributed by atoms with Gasteiger partial charge in [0.25, 0.3) is 0 Å².